The molecule has 1 amide bonds. The summed E-state index contributed by atoms with van der Waals surface area (Å²) >= 11 is 0. The summed E-state index contributed by atoms with van der Waals surface area (Å²) in [5, 5.41) is 7.07. The fourth-order valence-electron chi connectivity index (χ4n) is 3.99. The number of nitrogens with zero attached hydrogens (tertiary/aromatic N) is 3. The maximum absolute atomic E-state index is 13.0. The second-order valence-corrected chi connectivity index (χ2v) is 10.7. The minimum absolute atomic E-state index is 0.0105. The lowest BCUT2D eigenvalue weighted by Crippen LogP contribution is -2.37. The minimum atomic E-state index is -0.292. The first kappa shape index (κ1) is 42.4. The van der Waals surface area contributed by atoms with E-state index in [0.717, 1.165) is 54.9 Å². The third-order valence-corrected chi connectivity index (χ3v) is 6.42. The number of halogens is 1. The SMILES string of the molecule is C=CN.CC.CC(/C=C/N(C)C=N)C(C=O)CC(=O)N1CCCCC1.CCC.Cc1cc(F)ccc1-c1cnc(C(C)C)[nH]1. The molecule has 3 rings (SSSR count). The van der Waals surface area contributed by atoms with Gasteiger partial charge in [0.05, 0.1) is 18.2 Å². The van der Waals surface area contributed by atoms with Crippen LogP contribution in [-0.4, -0.2) is 58.4 Å². The Morgan fingerprint density at radius 2 is 1.77 bits per heavy atom. The number of nitrogens with one attached hydrogen (secondary N) is 2. The van der Waals surface area contributed by atoms with E-state index >= 15 is 0 Å². The fourth-order valence-corrected chi connectivity index (χ4v) is 3.99. The topological polar surface area (TPSA) is 119 Å². The zero-order valence-electron chi connectivity index (χ0n) is 28.7. The van der Waals surface area contributed by atoms with E-state index in [-0.39, 0.29) is 30.0 Å². The van der Waals surface area contributed by atoms with E-state index in [0.29, 0.717) is 5.92 Å². The summed E-state index contributed by atoms with van der Waals surface area (Å²) in [6.07, 6.45) is 13.6. The van der Waals surface area contributed by atoms with Crippen LogP contribution in [0.1, 0.15) is 97.9 Å². The molecule has 9 heteroatoms. The molecule has 0 spiro atoms. The first-order valence-corrected chi connectivity index (χ1v) is 15.8. The Morgan fingerprint density at radius 3 is 2.23 bits per heavy atom. The molecule has 2 heterocycles. The average molecular weight is 615 g/mol. The van der Waals surface area contributed by atoms with E-state index in [9.17, 15) is 14.0 Å². The van der Waals surface area contributed by atoms with Gasteiger partial charge in [-0.3, -0.25) is 10.2 Å². The maximum atomic E-state index is 13.0. The number of rotatable bonds is 9. The first-order chi connectivity index (χ1) is 21.0. The molecular weight excluding hydrogens is 555 g/mol. The molecule has 1 aromatic carbocycles. The molecule has 1 fully saturated rings. The van der Waals surface area contributed by atoms with Crippen molar-refractivity contribution in [2.24, 2.45) is 17.6 Å². The normalized spacial score (nSPS) is 13.3. The molecule has 0 bridgehead atoms. The number of allylic oxidation sites excluding steroid dienone is 1. The third kappa shape index (κ3) is 17.4. The zero-order chi connectivity index (χ0) is 34.1. The lowest BCUT2D eigenvalue weighted by molar-refractivity contribution is -0.134. The van der Waals surface area contributed by atoms with Crippen molar-refractivity contribution in [3.63, 3.8) is 0 Å². The van der Waals surface area contributed by atoms with Crippen LogP contribution < -0.4 is 5.73 Å². The van der Waals surface area contributed by atoms with Gasteiger partial charge >= 0.3 is 0 Å². The Labute approximate surface area is 266 Å². The summed E-state index contributed by atoms with van der Waals surface area (Å²) in [4.78, 5) is 34.4. The molecular formula is C35H59FN6O2. The van der Waals surface area contributed by atoms with Crippen LogP contribution in [0, 0.1) is 30.0 Å². The molecule has 44 heavy (non-hydrogen) atoms. The number of carbonyl (C=O) groups excluding carboxylic acids is 2. The van der Waals surface area contributed by atoms with Crippen molar-refractivity contribution < 1.29 is 14.0 Å². The third-order valence-electron chi connectivity index (χ3n) is 6.42. The van der Waals surface area contributed by atoms with Crippen molar-refractivity contribution in [3.05, 3.63) is 66.7 Å². The number of benzene rings is 1. The van der Waals surface area contributed by atoms with Gasteiger partial charge in [-0.05, 0) is 62.1 Å². The molecule has 8 nitrogen and oxygen atoms in total. The van der Waals surface area contributed by atoms with E-state index in [1.165, 1.54) is 37.5 Å². The number of aromatic nitrogens is 2. The van der Waals surface area contributed by atoms with Crippen LogP contribution in [0.5, 0.6) is 0 Å². The average Bonchev–Trinajstić information content (AvgIpc) is 3.51. The molecule has 0 aliphatic carbocycles. The number of likely N-dealkylation sites (tertiary alicyclic amines) is 1. The molecule has 1 saturated heterocycles. The highest BCUT2D eigenvalue weighted by Crippen LogP contribution is 2.24. The number of nitrogens with two attached hydrogens (primary N) is 1. The predicted octanol–water partition coefficient (Wildman–Crippen LogP) is 8.07. The Balaban J connectivity index is 0. The second kappa shape index (κ2) is 25.7. The van der Waals surface area contributed by atoms with Gasteiger partial charge in [0, 0.05) is 50.2 Å². The van der Waals surface area contributed by atoms with Gasteiger partial charge < -0.3 is 25.3 Å². The van der Waals surface area contributed by atoms with Gasteiger partial charge in [-0.15, -0.1) is 0 Å². The van der Waals surface area contributed by atoms with E-state index in [1.807, 2.05) is 38.7 Å². The number of hydrogen-bond donors (Lipinski definition) is 3. The van der Waals surface area contributed by atoms with Crippen LogP contribution in [0.3, 0.4) is 0 Å². The van der Waals surface area contributed by atoms with Crippen LogP contribution >= 0.6 is 0 Å². The molecule has 2 aromatic rings. The second-order valence-electron chi connectivity index (χ2n) is 10.7. The van der Waals surface area contributed by atoms with Gasteiger partial charge in [0.15, 0.2) is 0 Å². The van der Waals surface area contributed by atoms with E-state index in [4.69, 9.17) is 5.41 Å². The predicted molar refractivity (Wildman–Crippen MR) is 184 cm³/mol. The van der Waals surface area contributed by atoms with E-state index in [1.54, 1.807) is 30.4 Å². The number of aryl methyl sites for hydroxylation is 1. The summed E-state index contributed by atoms with van der Waals surface area (Å²) in [5.74, 6) is 0.906. The maximum Gasteiger partial charge on any atom is 0.223 e. The van der Waals surface area contributed by atoms with Crippen molar-refractivity contribution in [2.45, 2.75) is 93.4 Å². The first-order valence-electron chi connectivity index (χ1n) is 15.8. The van der Waals surface area contributed by atoms with Gasteiger partial charge in [-0.2, -0.15) is 0 Å². The van der Waals surface area contributed by atoms with Crippen molar-refractivity contribution in [2.75, 3.05) is 20.1 Å². The lowest BCUT2D eigenvalue weighted by Gasteiger charge is -2.28. The molecule has 4 N–H and O–H groups in total. The largest absolute Gasteiger partial charge is 0.405 e. The molecule has 2 atom stereocenters. The number of hydrogen-bond acceptors (Lipinski definition) is 5. The van der Waals surface area contributed by atoms with Crippen molar-refractivity contribution in [3.8, 4) is 11.3 Å². The molecule has 0 radical (unpaired) electrons. The van der Waals surface area contributed by atoms with Gasteiger partial charge in [0.25, 0.3) is 0 Å². The van der Waals surface area contributed by atoms with Crippen molar-refractivity contribution in [1.29, 1.82) is 5.41 Å². The Bertz CT molecular complexity index is 1090. The van der Waals surface area contributed by atoms with Gasteiger partial charge in [-0.1, -0.05) is 67.5 Å². The summed E-state index contributed by atoms with van der Waals surface area (Å²) in [7, 11) is 1.75. The van der Waals surface area contributed by atoms with E-state index < -0.39 is 0 Å². The summed E-state index contributed by atoms with van der Waals surface area (Å²) in [6, 6.07) is 4.78. The highest BCUT2D eigenvalue weighted by molar-refractivity contribution is 5.79. The summed E-state index contributed by atoms with van der Waals surface area (Å²) in [6.45, 7) is 21.0. The minimum Gasteiger partial charge on any atom is -0.405 e. The van der Waals surface area contributed by atoms with Crippen LogP contribution in [0.2, 0.25) is 0 Å². The quantitative estimate of drug-likeness (QED) is 0.150. The van der Waals surface area contributed by atoms with Crippen LogP contribution in [0.25, 0.3) is 11.3 Å². The number of piperidine rings is 1. The van der Waals surface area contributed by atoms with Crippen molar-refractivity contribution in [1.82, 2.24) is 19.8 Å². The molecule has 1 aromatic heterocycles. The van der Waals surface area contributed by atoms with Gasteiger partial charge in [-0.25, -0.2) is 9.37 Å². The highest BCUT2D eigenvalue weighted by atomic mass is 19.1. The van der Waals surface area contributed by atoms with Crippen molar-refractivity contribution >= 4 is 18.5 Å². The number of carbonyl (C=O) groups is 2. The number of H-pyrrole nitrogens is 1. The number of imidazole rings is 1. The Morgan fingerprint density at radius 1 is 1.20 bits per heavy atom. The molecule has 1 aliphatic heterocycles. The molecule has 1 aliphatic rings. The Kier molecular flexibility index (Phi) is 24.8. The standard InChI is InChI=1S/C15H25N3O2.C13H15FN2.C3H8.C2H5N.C2H6/c1-13(6-9-17(2)12-16)14(11-19)10-15(20)18-7-4-3-5-8-18;1-8(2)13-15-7-12(16-13)11-5-4-10(14)6-9(11)3;1-3-2;1-2-3;1-2/h6,9,11-14,16H,3-5,7-8,10H2,1-2H3;4-8H,1-3H3,(H,15,16);3H2,1-2H3;2H,1,3H2;1-2H3/b9-6+,16-12?;;;;. The Hall–Kier alpha value is -3.75. The van der Waals surface area contributed by atoms with Crippen LogP contribution in [-0.2, 0) is 9.59 Å². The van der Waals surface area contributed by atoms with Crippen LogP contribution in [0.4, 0.5) is 4.39 Å². The number of amides is 1. The van der Waals surface area contributed by atoms with Crippen LogP contribution in [0.15, 0.2) is 49.5 Å². The summed E-state index contributed by atoms with van der Waals surface area (Å²) < 4.78 is 13.0. The monoisotopic (exact) mass is 614 g/mol. The number of aromatic amines is 1. The lowest BCUT2D eigenvalue weighted by atomic mass is 9.91. The fraction of sp³-hybridized carbons (Fsp3) is 0.543. The number of aldehydes is 1. The smallest absolute Gasteiger partial charge is 0.223 e. The van der Waals surface area contributed by atoms with E-state index in [2.05, 4.69) is 50.0 Å². The van der Waals surface area contributed by atoms with Gasteiger partial charge in [0.2, 0.25) is 5.91 Å². The van der Waals surface area contributed by atoms with Gasteiger partial charge in [0.1, 0.15) is 17.9 Å². The summed E-state index contributed by atoms with van der Waals surface area (Å²) in [5.41, 5.74) is 7.47. The molecule has 248 valence electrons. The highest BCUT2D eigenvalue weighted by Gasteiger charge is 2.23. The molecule has 0 saturated carbocycles. The zero-order valence-corrected chi connectivity index (χ0v) is 28.7. The molecule has 2 unspecified atom stereocenters.